The van der Waals surface area contributed by atoms with Crippen molar-refractivity contribution >= 4 is 29.3 Å². The highest BCUT2D eigenvalue weighted by Crippen LogP contribution is 2.49. The number of nitrogens with zero attached hydrogens (tertiary/aromatic N) is 3. The zero-order valence-corrected chi connectivity index (χ0v) is 63.8. The van der Waals surface area contributed by atoms with Crippen molar-refractivity contribution in [1.82, 2.24) is 9.97 Å². The van der Waals surface area contributed by atoms with Crippen LogP contribution in [-0.4, -0.2) is 74.4 Å². The summed E-state index contributed by atoms with van der Waals surface area (Å²) < 4.78 is 17.7. The zero-order valence-electron chi connectivity index (χ0n) is 64.8. The van der Waals surface area contributed by atoms with E-state index >= 15 is 0 Å². The normalized spacial score (nSPS) is 26.3. The molecule has 3 N–H and O–H groups in total. The fourth-order valence-electron chi connectivity index (χ4n) is 20.1. The highest BCUT2D eigenvalue weighted by atomic mass is 16.5. The molecule has 1 aromatic heterocycles. The van der Waals surface area contributed by atoms with Gasteiger partial charge in [0.2, 0.25) is 5.62 Å². The van der Waals surface area contributed by atoms with Crippen LogP contribution in [0.2, 0.25) is 0 Å². The van der Waals surface area contributed by atoms with Crippen LogP contribution in [0.25, 0.3) is 0 Å². The number of anilines is 1. The molecule has 0 saturated heterocycles. The minimum absolute atomic E-state index is 0.0447. The maximum atomic E-state index is 12.2. The summed E-state index contributed by atoms with van der Waals surface area (Å²) in [7, 11) is 5.07. The molecule has 0 spiro atoms. The van der Waals surface area contributed by atoms with Crippen molar-refractivity contribution in [1.29, 1.82) is 0 Å². The molecule has 11 aliphatic carbocycles. The van der Waals surface area contributed by atoms with Gasteiger partial charge in [0.1, 0.15) is 23.3 Å². The van der Waals surface area contributed by atoms with Crippen molar-refractivity contribution < 1.29 is 30.0 Å². The predicted molar refractivity (Wildman–Crippen MR) is 422 cm³/mol. The van der Waals surface area contributed by atoms with E-state index in [1.54, 1.807) is 53.5 Å². The molecule has 104 heavy (non-hydrogen) atoms. The predicted octanol–water partition coefficient (Wildman–Crippen LogP) is 19.4. The lowest BCUT2D eigenvalue weighted by Gasteiger charge is -2.39. The fourth-order valence-corrected chi connectivity index (χ4v) is 20.1. The lowest BCUT2D eigenvalue weighted by molar-refractivity contribution is -0.156. The Hall–Kier alpha value is -7.76. The van der Waals surface area contributed by atoms with E-state index in [1.165, 1.54) is 143 Å². The van der Waals surface area contributed by atoms with Gasteiger partial charge in [0.05, 0.1) is 14.6 Å². The largest absolute Gasteiger partial charge is 0.466 e. The summed E-state index contributed by atoms with van der Waals surface area (Å²) in [5.41, 5.74) is 23.4. The first-order chi connectivity index (χ1) is 51.3. The van der Waals surface area contributed by atoms with E-state index in [-0.39, 0.29) is 23.6 Å². The smallest absolute Gasteiger partial charge is 0.316 e. The molecule has 0 amide bonds. The molecule has 13 atom stereocenters. The molecule has 11 heteroatoms. The first kappa shape index (κ1) is 75.9. The van der Waals surface area contributed by atoms with Gasteiger partial charge >= 0.3 is 11.9 Å². The summed E-state index contributed by atoms with van der Waals surface area (Å²) in [5.74, 6) is 8.68. The Morgan fingerprint density at radius 2 is 0.933 bits per heavy atom. The maximum Gasteiger partial charge on any atom is 0.316 e. The molecule has 5 fully saturated rings. The van der Waals surface area contributed by atoms with Gasteiger partial charge in [-0.1, -0.05) is 191 Å². The first-order valence-electron chi connectivity index (χ1n) is 40.9. The van der Waals surface area contributed by atoms with Crippen LogP contribution in [0.4, 0.5) is 5.82 Å². The number of nitrogens with two attached hydrogens (primary N) is 1. The summed E-state index contributed by atoms with van der Waals surface area (Å²) in [6, 6.07) is 53.2. The third-order valence-corrected chi connectivity index (χ3v) is 24.9. The van der Waals surface area contributed by atoms with Gasteiger partial charge in [-0.3, -0.25) is 24.2 Å². The molecule has 11 aliphatic rings. The van der Waals surface area contributed by atoms with Gasteiger partial charge in [0.15, 0.2) is 0 Å². The number of aromatic amines is 1. The topological polar surface area (TPSA) is 157 Å². The average Bonchev–Trinajstić information content (AvgIpc) is 0.632. The molecule has 10 bridgehead atoms. The van der Waals surface area contributed by atoms with E-state index in [9.17, 15) is 19.2 Å². The van der Waals surface area contributed by atoms with E-state index in [2.05, 4.69) is 161 Å². The van der Waals surface area contributed by atoms with Crippen molar-refractivity contribution in [2.75, 3.05) is 45.8 Å². The molecule has 7 aromatic rings. The highest BCUT2D eigenvalue weighted by molar-refractivity contribution is 6.00. The van der Waals surface area contributed by atoms with Crippen LogP contribution >= 0.6 is 0 Å². The number of carbonyl (C=O) groups excluding carboxylic acids is 4. The van der Waals surface area contributed by atoms with Gasteiger partial charge in [0.25, 0.3) is 0 Å². The van der Waals surface area contributed by atoms with Crippen LogP contribution in [0.5, 0.6) is 0 Å². The van der Waals surface area contributed by atoms with Gasteiger partial charge in [-0.05, 0) is 274 Å². The third-order valence-electron chi connectivity index (χ3n) is 24.9. The highest BCUT2D eigenvalue weighted by Gasteiger charge is 2.45. The van der Waals surface area contributed by atoms with Crippen LogP contribution in [0.3, 0.4) is 0 Å². The maximum absolute atomic E-state index is 12.2. The average molecular weight is 1410 g/mol. The Bertz CT molecular complexity index is 3910. The number of rotatable bonds is 8. The molecule has 18 rings (SSSR count). The number of benzene rings is 6. The number of hydrogen-bond donors (Lipinski definition) is 2. The second-order valence-corrected chi connectivity index (χ2v) is 31.6. The number of carbonyl (C=O) groups is 4. The van der Waals surface area contributed by atoms with Crippen LogP contribution in [0, 0.1) is 41.4 Å². The Morgan fingerprint density at radius 3 is 1.39 bits per heavy atom. The monoisotopic (exact) mass is 1400 g/mol. The summed E-state index contributed by atoms with van der Waals surface area (Å²) in [4.78, 5) is 60.1. The van der Waals surface area contributed by atoms with Crippen LogP contribution in [-0.2, 0) is 67.2 Å². The second kappa shape index (κ2) is 38.5. The molecule has 554 valence electrons. The SMILES string of the molecule is CCOC(=O)C1C(=O)CC2CC1Cc1ccccc12.CCOC(=O)CC1Cc2ccccc2C(CC)C1.CN.O=C1CC2Cc3ccccc3C(C1)C2.[2H]c1c[nH]c(=NC)nc1N(C)CC.c1ccc2c(c1)CC1CCCC2C1.c1ccc2c(c1)CC1CCCC2C1.c1ccc2c(c1)CC1CCCC2C1. The minimum atomic E-state index is -0.537. The lowest BCUT2D eigenvalue weighted by atomic mass is 9.64. The molecule has 11 nitrogen and oxygen atoms in total. The molecular formula is C93H121N5O6. The lowest BCUT2D eigenvalue weighted by Crippen LogP contribution is -2.42. The van der Waals surface area contributed by atoms with Gasteiger partial charge < -0.3 is 25.1 Å². The molecular weight excluding hydrogens is 1280 g/mol. The van der Waals surface area contributed by atoms with E-state index in [1.807, 2.05) is 37.9 Å². The Morgan fingerprint density at radius 1 is 0.510 bits per heavy atom. The number of esters is 2. The number of nitrogens with one attached hydrogen (secondary N) is 1. The summed E-state index contributed by atoms with van der Waals surface area (Å²) >= 11 is 0. The summed E-state index contributed by atoms with van der Waals surface area (Å²) in [5, 5.41) is 0. The number of hydrogen-bond acceptors (Lipinski definition) is 10. The number of Topliss-reactive ketones (excluding diaryl/α,β-unsaturated/α-hetero) is 2. The van der Waals surface area contributed by atoms with E-state index in [4.69, 9.17) is 10.8 Å². The Kier molecular flexibility index (Phi) is 28.1. The summed E-state index contributed by atoms with van der Waals surface area (Å²) in [6.07, 6.45) is 33.3. The van der Waals surface area contributed by atoms with Crippen LogP contribution in [0.15, 0.2) is 163 Å². The van der Waals surface area contributed by atoms with Gasteiger partial charge in [-0.2, -0.15) is 4.98 Å². The van der Waals surface area contributed by atoms with Gasteiger partial charge in [0, 0.05) is 52.5 Å². The Labute approximate surface area is 624 Å². The number of ketones is 2. The molecule has 1 heterocycles. The van der Waals surface area contributed by atoms with Crippen molar-refractivity contribution in [3.05, 3.63) is 230 Å². The molecule has 5 saturated carbocycles. The number of ether oxygens (including phenoxy) is 2. The Balaban J connectivity index is 0.000000123. The molecule has 6 aromatic carbocycles. The van der Waals surface area contributed by atoms with Crippen LogP contribution < -0.4 is 16.3 Å². The quantitative estimate of drug-likeness (QED) is 0.112. The third kappa shape index (κ3) is 20.0. The van der Waals surface area contributed by atoms with E-state index < -0.39 is 5.92 Å². The van der Waals surface area contributed by atoms with Gasteiger partial charge in [-0.25, -0.2) is 0 Å². The van der Waals surface area contributed by atoms with Crippen molar-refractivity contribution in [2.45, 2.75) is 230 Å². The first-order valence-corrected chi connectivity index (χ1v) is 40.4. The number of H-pyrrole nitrogens is 1. The molecule has 0 radical (unpaired) electrons. The standard InChI is InChI=1S/C16H18O3.C16H22O2.C13H14O.3C13H16.C8H14N4.CH5N/c1-2-19-16(18)15-12-7-10-5-3-4-6-13(10)11(8-12)9-14(15)17;1-3-13-9-12(11-16(17)18-4-2)10-14-7-5-6-8-15(13)14;14-12-7-9-5-10-3-1-2-4-13(10)11(6-9)8-12;3*1-2-7-13-11(5-1)8-10-4-3-6-12(13)9-10;1-4-12(3)7-5-6-10-8(9-2)11-7;1-2/h3-6,11-12,15H,2,7-9H2,1H3;5-8,12-13H,3-4,9-11H2,1-2H3;1-4,9,11H,5-8H2;3*1-2,5,7,10,12H,3-4,6,8-9H2;5-6H,4H2,1-3H3,(H,9,10,11);2H2,1H3/i;;;;;;5D;. The molecule has 13 unspecified atom stereocenters. The van der Waals surface area contributed by atoms with Crippen molar-refractivity contribution in [2.24, 2.45) is 52.2 Å². The zero-order chi connectivity index (χ0) is 73.8. The number of aromatic nitrogens is 2. The van der Waals surface area contributed by atoms with E-state index in [0.29, 0.717) is 78.9 Å². The molecule has 0 aliphatic heterocycles. The van der Waals surface area contributed by atoms with Crippen molar-refractivity contribution in [3.63, 3.8) is 0 Å². The fraction of sp³-hybridized carbons (Fsp3) is 0.527. The van der Waals surface area contributed by atoms with Crippen LogP contribution in [0.1, 0.15) is 260 Å². The van der Waals surface area contributed by atoms with Gasteiger partial charge in [-0.15, -0.1) is 0 Å². The number of fused-ring (bicyclic) bond motifs is 21. The summed E-state index contributed by atoms with van der Waals surface area (Å²) in [6.45, 7) is 9.54. The van der Waals surface area contributed by atoms with E-state index in [0.717, 1.165) is 93.4 Å². The second-order valence-electron chi connectivity index (χ2n) is 31.6. The van der Waals surface area contributed by atoms with Crippen molar-refractivity contribution in [3.8, 4) is 0 Å². The minimum Gasteiger partial charge on any atom is -0.466 e.